The summed E-state index contributed by atoms with van der Waals surface area (Å²) in [5.41, 5.74) is 0. The van der Waals surface area contributed by atoms with Crippen LogP contribution in [0, 0.1) is 5.92 Å². The van der Waals surface area contributed by atoms with Crippen molar-refractivity contribution in [2.75, 3.05) is 17.6 Å². The van der Waals surface area contributed by atoms with Gasteiger partial charge >= 0.3 is 0 Å². The molecule has 0 saturated heterocycles. The van der Waals surface area contributed by atoms with E-state index in [1.807, 2.05) is 0 Å². The smallest absolute Gasteiger partial charge is 0.223 e. The quantitative estimate of drug-likeness (QED) is 0.600. The molecule has 0 fully saturated rings. The summed E-state index contributed by atoms with van der Waals surface area (Å²) in [6.45, 7) is 7.43. The van der Waals surface area contributed by atoms with Gasteiger partial charge in [0, 0.05) is 12.3 Å². The van der Waals surface area contributed by atoms with Crippen molar-refractivity contribution in [3.63, 3.8) is 0 Å². The molecule has 0 aromatic carbocycles. The number of hydrogen-bond donors (Lipinski definition) is 1. The first kappa shape index (κ1) is 14.6. The van der Waals surface area contributed by atoms with Gasteiger partial charge in [-0.1, -0.05) is 38.8 Å². The molecule has 17 heavy (non-hydrogen) atoms. The zero-order valence-corrected chi connectivity index (χ0v) is 12.2. The number of rotatable bonds is 7. The normalized spacial score (nSPS) is 12.5. The van der Waals surface area contributed by atoms with Gasteiger partial charge in [0.25, 0.3) is 0 Å². The number of aromatic nitrogens is 2. The van der Waals surface area contributed by atoms with E-state index in [0.717, 1.165) is 23.7 Å². The lowest BCUT2D eigenvalue weighted by Crippen LogP contribution is -2.05. The maximum atomic E-state index is 6.08. The van der Waals surface area contributed by atoms with E-state index in [1.54, 1.807) is 18.0 Å². The molecule has 0 radical (unpaired) electrons. The van der Waals surface area contributed by atoms with E-state index in [-0.39, 0.29) is 0 Å². The van der Waals surface area contributed by atoms with Crippen molar-refractivity contribution in [3.8, 4) is 0 Å². The van der Waals surface area contributed by atoms with Crippen molar-refractivity contribution < 1.29 is 0 Å². The van der Waals surface area contributed by atoms with E-state index in [4.69, 9.17) is 11.6 Å². The summed E-state index contributed by atoms with van der Waals surface area (Å²) in [4.78, 5) is 8.58. The summed E-state index contributed by atoms with van der Waals surface area (Å²) in [7, 11) is 0. The van der Waals surface area contributed by atoms with Crippen LogP contribution in [0.3, 0.4) is 0 Å². The fourth-order valence-electron chi connectivity index (χ4n) is 1.11. The number of nitrogens with zero attached hydrogens (tertiary/aromatic N) is 2. The minimum Gasteiger partial charge on any atom is -0.354 e. The average molecular weight is 274 g/mol. The second kappa shape index (κ2) is 7.77. The van der Waals surface area contributed by atoms with Gasteiger partial charge in [-0.05, 0) is 12.3 Å². The van der Waals surface area contributed by atoms with Gasteiger partial charge in [-0.25, -0.2) is 9.97 Å². The van der Waals surface area contributed by atoms with Crippen molar-refractivity contribution in [2.45, 2.75) is 38.6 Å². The topological polar surface area (TPSA) is 37.8 Å². The summed E-state index contributed by atoms with van der Waals surface area (Å²) >= 11 is 7.79. The minimum absolute atomic E-state index is 0.639. The summed E-state index contributed by atoms with van der Waals surface area (Å²) in [5.74, 6) is 2.39. The van der Waals surface area contributed by atoms with E-state index in [1.165, 1.54) is 6.42 Å². The van der Waals surface area contributed by atoms with Gasteiger partial charge in [-0.2, -0.15) is 0 Å². The van der Waals surface area contributed by atoms with Crippen LogP contribution in [0.5, 0.6) is 0 Å². The highest BCUT2D eigenvalue weighted by molar-refractivity contribution is 7.99. The van der Waals surface area contributed by atoms with Crippen molar-refractivity contribution >= 4 is 29.3 Å². The molecular formula is C12H20ClN3S. The van der Waals surface area contributed by atoms with Gasteiger partial charge in [-0.3, -0.25) is 0 Å². The van der Waals surface area contributed by atoms with Crippen molar-refractivity contribution in [3.05, 3.63) is 11.2 Å². The second-order valence-electron chi connectivity index (χ2n) is 4.10. The maximum Gasteiger partial charge on any atom is 0.223 e. The highest BCUT2D eigenvalue weighted by atomic mass is 35.5. The largest absolute Gasteiger partial charge is 0.354 e. The molecule has 0 bridgehead atoms. The molecule has 1 aromatic rings. The second-order valence-corrected chi connectivity index (χ2v) is 5.51. The van der Waals surface area contributed by atoms with Crippen LogP contribution in [0.25, 0.3) is 0 Å². The Morgan fingerprint density at radius 3 is 2.88 bits per heavy atom. The van der Waals surface area contributed by atoms with Crippen LogP contribution in [0.15, 0.2) is 11.2 Å². The zero-order chi connectivity index (χ0) is 12.7. The Balaban J connectivity index is 2.62. The zero-order valence-electron chi connectivity index (χ0n) is 10.7. The van der Waals surface area contributed by atoms with Gasteiger partial charge in [0.05, 0.1) is 11.2 Å². The predicted octanol–water partition coefficient (Wildman–Crippen LogP) is 4.09. The molecule has 1 unspecified atom stereocenters. The van der Waals surface area contributed by atoms with E-state index < -0.39 is 0 Å². The van der Waals surface area contributed by atoms with Crippen molar-refractivity contribution in [1.82, 2.24) is 9.97 Å². The molecule has 1 N–H and O–H groups in total. The highest BCUT2D eigenvalue weighted by Crippen LogP contribution is 2.27. The number of anilines is 1. The first-order chi connectivity index (χ1) is 8.17. The lowest BCUT2D eigenvalue weighted by molar-refractivity contribution is 0.636. The summed E-state index contributed by atoms with van der Waals surface area (Å²) in [5, 5.41) is 4.68. The molecule has 0 amide bonds. The van der Waals surface area contributed by atoms with Crippen LogP contribution in [-0.2, 0) is 0 Å². The summed E-state index contributed by atoms with van der Waals surface area (Å²) < 4.78 is 0. The molecule has 3 nitrogen and oxygen atoms in total. The summed E-state index contributed by atoms with van der Waals surface area (Å²) in [6.07, 6.45) is 3.91. The molecule has 96 valence electrons. The Bertz CT molecular complexity index is 347. The van der Waals surface area contributed by atoms with Gasteiger partial charge in [0.2, 0.25) is 5.95 Å². The Labute approximate surface area is 113 Å². The third kappa shape index (κ3) is 5.13. The molecule has 0 aliphatic heterocycles. The van der Waals surface area contributed by atoms with Gasteiger partial charge in [0.1, 0.15) is 5.03 Å². The SMILES string of the molecule is CCCNc1ncc(Cl)c(SCC(C)CC)n1. The highest BCUT2D eigenvalue weighted by Gasteiger charge is 2.08. The Morgan fingerprint density at radius 2 is 2.24 bits per heavy atom. The van der Waals surface area contributed by atoms with Crippen molar-refractivity contribution in [2.24, 2.45) is 5.92 Å². The number of hydrogen-bond acceptors (Lipinski definition) is 4. The average Bonchev–Trinajstić information content (AvgIpc) is 2.35. The van der Waals surface area contributed by atoms with Crippen LogP contribution >= 0.6 is 23.4 Å². The fourth-order valence-corrected chi connectivity index (χ4v) is 2.39. The molecule has 1 heterocycles. The fraction of sp³-hybridized carbons (Fsp3) is 0.667. The number of nitrogens with one attached hydrogen (secondary N) is 1. The molecule has 1 aromatic heterocycles. The van der Waals surface area contributed by atoms with E-state index >= 15 is 0 Å². The third-order valence-electron chi connectivity index (χ3n) is 2.45. The lowest BCUT2D eigenvalue weighted by atomic mass is 10.2. The van der Waals surface area contributed by atoms with Crippen LogP contribution in [0.1, 0.15) is 33.6 Å². The Morgan fingerprint density at radius 1 is 1.47 bits per heavy atom. The molecule has 0 aliphatic carbocycles. The Hall–Kier alpha value is -0.480. The molecule has 1 rings (SSSR count). The standard InChI is InChI=1S/C12H20ClN3S/c1-4-6-14-12-15-7-10(13)11(16-12)17-8-9(3)5-2/h7,9H,4-6,8H2,1-3H3,(H,14,15,16). The Kier molecular flexibility index (Phi) is 6.66. The van der Waals surface area contributed by atoms with Gasteiger partial charge < -0.3 is 5.32 Å². The third-order valence-corrected chi connectivity index (χ3v) is 4.16. The molecule has 0 spiro atoms. The molecular weight excluding hydrogens is 254 g/mol. The lowest BCUT2D eigenvalue weighted by Gasteiger charge is -2.09. The van der Waals surface area contributed by atoms with Crippen LogP contribution < -0.4 is 5.32 Å². The maximum absolute atomic E-state index is 6.08. The molecule has 0 aliphatic rings. The molecule has 1 atom stereocenters. The van der Waals surface area contributed by atoms with E-state index in [9.17, 15) is 0 Å². The first-order valence-corrected chi connectivity index (χ1v) is 7.42. The van der Waals surface area contributed by atoms with Gasteiger partial charge in [-0.15, -0.1) is 11.8 Å². The van der Waals surface area contributed by atoms with Gasteiger partial charge in [0.15, 0.2) is 0 Å². The van der Waals surface area contributed by atoms with Crippen LogP contribution in [0.4, 0.5) is 5.95 Å². The predicted molar refractivity (Wildman–Crippen MR) is 76.0 cm³/mol. The minimum atomic E-state index is 0.639. The van der Waals surface area contributed by atoms with E-state index in [0.29, 0.717) is 16.9 Å². The number of thioether (sulfide) groups is 1. The first-order valence-electron chi connectivity index (χ1n) is 6.06. The van der Waals surface area contributed by atoms with Crippen LogP contribution in [-0.4, -0.2) is 22.3 Å². The molecule has 5 heteroatoms. The number of halogens is 1. The molecule has 0 saturated carbocycles. The van der Waals surface area contributed by atoms with E-state index in [2.05, 4.69) is 36.1 Å². The van der Waals surface area contributed by atoms with Crippen molar-refractivity contribution in [1.29, 1.82) is 0 Å². The van der Waals surface area contributed by atoms with Crippen LogP contribution in [0.2, 0.25) is 5.02 Å². The monoisotopic (exact) mass is 273 g/mol. The summed E-state index contributed by atoms with van der Waals surface area (Å²) in [6, 6.07) is 0.